The molecule has 0 aliphatic heterocycles. The highest BCUT2D eigenvalue weighted by Gasteiger charge is 2.16. The lowest BCUT2D eigenvalue weighted by atomic mass is 10.2. The zero-order chi connectivity index (χ0) is 13.0. The minimum absolute atomic E-state index is 0.649. The highest BCUT2D eigenvalue weighted by molar-refractivity contribution is 14.1. The molecule has 0 spiro atoms. The number of rotatable bonds is 5. The summed E-state index contributed by atoms with van der Waals surface area (Å²) in [6.45, 7) is 2.17. The third-order valence-corrected chi connectivity index (χ3v) is 5.77. The van der Waals surface area contributed by atoms with E-state index in [9.17, 15) is 0 Å². The van der Waals surface area contributed by atoms with E-state index in [1.807, 2.05) is 11.8 Å². The molecule has 0 saturated heterocycles. The fourth-order valence-corrected chi connectivity index (χ4v) is 3.97. The minimum atomic E-state index is 0.649. The van der Waals surface area contributed by atoms with Crippen LogP contribution in [0.25, 0.3) is 0 Å². The number of halogens is 1. The molecule has 0 unspecified atom stereocenters. The highest BCUT2D eigenvalue weighted by atomic mass is 127. The molecule has 3 nitrogen and oxygen atoms in total. The molecule has 1 aromatic heterocycles. The molecule has 0 bridgehead atoms. The first-order valence-corrected chi connectivity index (χ1v) is 8.75. The van der Waals surface area contributed by atoms with E-state index in [0.29, 0.717) is 5.82 Å². The third kappa shape index (κ3) is 3.73. The number of nitrogens with two attached hydrogens (primary N) is 1. The lowest BCUT2D eigenvalue weighted by Gasteiger charge is -2.10. The smallest absolute Gasteiger partial charge is 0.140 e. The summed E-state index contributed by atoms with van der Waals surface area (Å²) in [6.07, 6.45) is 7.56. The van der Waals surface area contributed by atoms with Crippen LogP contribution in [-0.4, -0.2) is 15.2 Å². The van der Waals surface area contributed by atoms with Crippen LogP contribution < -0.4 is 5.73 Å². The Labute approximate surface area is 127 Å². The summed E-state index contributed by atoms with van der Waals surface area (Å²) in [5.41, 5.74) is 7.09. The van der Waals surface area contributed by atoms with E-state index in [4.69, 9.17) is 5.73 Å². The largest absolute Gasteiger partial charge is 0.383 e. The number of nitrogen functional groups attached to an aromatic ring is 1. The van der Waals surface area contributed by atoms with Gasteiger partial charge in [-0.15, -0.1) is 0 Å². The second-order valence-electron chi connectivity index (χ2n) is 4.75. The fraction of sp³-hybridized carbons (Fsp3) is 0.692. The number of anilines is 1. The lowest BCUT2D eigenvalue weighted by molar-refractivity contribution is 0.845. The zero-order valence-electron chi connectivity index (χ0n) is 10.8. The predicted molar refractivity (Wildman–Crippen MR) is 86.7 cm³/mol. The molecular weight excluding hydrogens is 357 g/mol. The summed E-state index contributed by atoms with van der Waals surface area (Å²) in [7, 11) is 0. The van der Waals surface area contributed by atoms with Gasteiger partial charge >= 0.3 is 0 Å². The van der Waals surface area contributed by atoms with Crippen molar-refractivity contribution in [1.29, 1.82) is 0 Å². The summed E-state index contributed by atoms with van der Waals surface area (Å²) in [5, 5.41) is 0.809. The van der Waals surface area contributed by atoms with Gasteiger partial charge in [0.1, 0.15) is 11.6 Å². The number of hydrogen-bond acceptors (Lipinski definition) is 4. The molecule has 1 aromatic rings. The van der Waals surface area contributed by atoms with Crippen LogP contribution in [0.4, 0.5) is 5.82 Å². The minimum Gasteiger partial charge on any atom is -0.383 e. The number of aromatic nitrogens is 2. The van der Waals surface area contributed by atoms with Gasteiger partial charge in [0.25, 0.3) is 0 Å². The maximum atomic E-state index is 5.97. The second-order valence-corrected chi connectivity index (χ2v) is 7.12. The van der Waals surface area contributed by atoms with Crippen molar-refractivity contribution in [2.75, 3.05) is 5.73 Å². The monoisotopic (exact) mass is 377 g/mol. The van der Waals surface area contributed by atoms with E-state index in [0.717, 1.165) is 38.9 Å². The molecule has 0 amide bonds. The lowest BCUT2D eigenvalue weighted by Crippen LogP contribution is -2.07. The van der Waals surface area contributed by atoms with Gasteiger partial charge in [0.05, 0.1) is 15.0 Å². The number of nitrogens with zero attached hydrogens (tertiary/aromatic N) is 2. The van der Waals surface area contributed by atoms with Gasteiger partial charge in [0.15, 0.2) is 0 Å². The normalized spacial score (nSPS) is 16.3. The van der Waals surface area contributed by atoms with Crippen LogP contribution in [0, 0.1) is 3.57 Å². The summed E-state index contributed by atoms with van der Waals surface area (Å²) in [6, 6.07) is 0. The van der Waals surface area contributed by atoms with Crippen molar-refractivity contribution in [2.24, 2.45) is 0 Å². The summed E-state index contributed by atoms with van der Waals surface area (Å²) < 4.78 is 1.03. The van der Waals surface area contributed by atoms with E-state index in [2.05, 4.69) is 39.5 Å². The van der Waals surface area contributed by atoms with Crippen LogP contribution in [0.5, 0.6) is 0 Å². The summed E-state index contributed by atoms with van der Waals surface area (Å²) in [4.78, 5) is 9.08. The quantitative estimate of drug-likeness (QED) is 0.794. The number of hydrogen-bond donors (Lipinski definition) is 1. The summed E-state index contributed by atoms with van der Waals surface area (Å²) in [5.74, 6) is 2.46. The molecule has 18 heavy (non-hydrogen) atoms. The molecule has 1 aliphatic carbocycles. The second kappa shape index (κ2) is 6.93. The van der Waals surface area contributed by atoms with Gasteiger partial charge in [-0.1, -0.05) is 26.2 Å². The molecule has 0 atom stereocenters. The van der Waals surface area contributed by atoms with Crippen LogP contribution >= 0.6 is 34.4 Å². The molecular formula is C13H20IN3S. The number of thioether (sulfide) groups is 1. The van der Waals surface area contributed by atoms with Gasteiger partial charge in [0.2, 0.25) is 0 Å². The van der Waals surface area contributed by atoms with Crippen molar-refractivity contribution in [3.05, 3.63) is 15.1 Å². The van der Waals surface area contributed by atoms with Crippen LogP contribution in [0.2, 0.25) is 0 Å². The Morgan fingerprint density at radius 1 is 1.33 bits per heavy atom. The fourth-order valence-electron chi connectivity index (χ4n) is 2.28. The van der Waals surface area contributed by atoms with E-state index in [-0.39, 0.29) is 0 Å². The maximum Gasteiger partial charge on any atom is 0.140 e. The van der Waals surface area contributed by atoms with E-state index < -0.39 is 0 Å². The summed E-state index contributed by atoms with van der Waals surface area (Å²) >= 11 is 4.25. The van der Waals surface area contributed by atoms with Gasteiger partial charge in [-0.05, 0) is 41.9 Å². The zero-order valence-corrected chi connectivity index (χ0v) is 13.8. The van der Waals surface area contributed by atoms with Crippen molar-refractivity contribution < 1.29 is 0 Å². The molecule has 0 radical (unpaired) electrons. The van der Waals surface area contributed by atoms with Crippen molar-refractivity contribution in [3.8, 4) is 0 Å². The molecule has 1 fully saturated rings. The van der Waals surface area contributed by atoms with Gasteiger partial charge in [0, 0.05) is 5.25 Å². The van der Waals surface area contributed by atoms with Crippen LogP contribution in [0.3, 0.4) is 0 Å². The molecule has 1 heterocycles. The standard InChI is InChI=1S/C13H20IN3S/c1-2-5-10-12(14)13(15)17-11(16-10)8-18-9-6-3-4-7-9/h9H,2-8H2,1H3,(H2,15,16,17). The molecule has 100 valence electrons. The Kier molecular flexibility index (Phi) is 5.54. The number of aryl methyl sites for hydroxylation is 1. The first kappa shape index (κ1) is 14.4. The van der Waals surface area contributed by atoms with E-state index in [1.165, 1.54) is 25.7 Å². The van der Waals surface area contributed by atoms with Crippen molar-refractivity contribution in [1.82, 2.24) is 9.97 Å². The molecule has 1 aliphatic rings. The SMILES string of the molecule is CCCc1nc(CSC2CCCC2)nc(N)c1I. The maximum absolute atomic E-state index is 5.97. The van der Waals surface area contributed by atoms with Gasteiger partial charge < -0.3 is 5.73 Å². The molecule has 0 aromatic carbocycles. The first-order chi connectivity index (χ1) is 8.70. The molecule has 2 rings (SSSR count). The van der Waals surface area contributed by atoms with Crippen LogP contribution in [0.1, 0.15) is 50.5 Å². The average Bonchev–Trinajstić information content (AvgIpc) is 2.86. The first-order valence-electron chi connectivity index (χ1n) is 6.63. The predicted octanol–water partition coefficient (Wildman–Crippen LogP) is 3.79. The topological polar surface area (TPSA) is 51.8 Å². The third-order valence-electron chi connectivity index (χ3n) is 3.23. The van der Waals surface area contributed by atoms with E-state index >= 15 is 0 Å². The molecule has 5 heteroatoms. The van der Waals surface area contributed by atoms with Crippen molar-refractivity contribution >= 4 is 40.2 Å². The Balaban J connectivity index is 2.02. The Morgan fingerprint density at radius 3 is 2.72 bits per heavy atom. The van der Waals surface area contributed by atoms with Crippen LogP contribution in [-0.2, 0) is 12.2 Å². The van der Waals surface area contributed by atoms with Crippen molar-refractivity contribution in [3.63, 3.8) is 0 Å². The molecule has 2 N–H and O–H groups in total. The highest BCUT2D eigenvalue weighted by Crippen LogP contribution is 2.31. The van der Waals surface area contributed by atoms with Gasteiger partial charge in [-0.25, -0.2) is 9.97 Å². The average molecular weight is 377 g/mol. The Bertz CT molecular complexity index is 405. The van der Waals surface area contributed by atoms with Crippen LogP contribution in [0.15, 0.2) is 0 Å². The Morgan fingerprint density at radius 2 is 2.06 bits per heavy atom. The van der Waals surface area contributed by atoms with E-state index in [1.54, 1.807) is 0 Å². The molecule has 1 saturated carbocycles. The van der Waals surface area contributed by atoms with Gasteiger partial charge in [-0.3, -0.25) is 0 Å². The Hall–Kier alpha value is -0.0400. The van der Waals surface area contributed by atoms with Gasteiger partial charge in [-0.2, -0.15) is 11.8 Å². The van der Waals surface area contributed by atoms with Crippen molar-refractivity contribution in [2.45, 2.75) is 56.5 Å².